The molecule has 1 atom stereocenters. The lowest BCUT2D eigenvalue weighted by Gasteiger charge is -2.36. The van der Waals surface area contributed by atoms with Gasteiger partial charge < -0.3 is 15.4 Å². The molecule has 1 aliphatic carbocycles. The standard InChI is InChI=1S/C11H20N2O2/c1-15-10(14)13-6-2-3-9(7-13)11(8-12)4-5-11/h9H,2-8,12H2,1H3. The summed E-state index contributed by atoms with van der Waals surface area (Å²) in [5, 5.41) is 0. The number of carbonyl (C=O) groups excluding carboxylic acids is 1. The van der Waals surface area contributed by atoms with Crippen LogP contribution in [-0.4, -0.2) is 37.7 Å². The van der Waals surface area contributed by atoms with Gasteiger partial charge in [0.05, 0.1) is 7.11 Å². The van der Waals surface area contributed by atoms with Crippen LogP contribution in [0.5, 0.6) is 0 Å². The molecular weight excluding hydrogens is 192 g/mol. The minimum absolute atomic E-state index is 0.187. The van der Waals surface area contributed by atoms with Gasteiger partial charge in [-0.15, -0.1) is 0 Å². The summed E-state index contributed by atoms with van der Waals surface area (Å²) in [5.74, 6) is 0.593. The summed E-state index contributed by atoms with van der Waals surface area (Å²) in [5.41, 5.74) is 6.17. The quantitative estimate of drug-likeness (QED) is 0.748. The Balaban J connectivity index is 1.95. The average Bonchev–Trinajstić information content (AvgIpc) is 3.09. The maximum atomic E-state index is 11.4. The number of hydrogen-bond acceptors (Lipinski definition) is 3. The molecule has 0 radical (unpaired) electrons. The fourth-order valence-corrected chi connectivity index (χ4v) is 2.71. The Morgan fingerprint density at radius 2 is 2.33 bits per heavy atom. The van der Waals surface area contributed by atoms with E-state index in [1.807, 2.05) is 4.90 Å². The van der Waals surface area contributed by atoms with Crippen LogP contribution in [0.4, 0.5) is 4.79 Å². The van der Waals surface area contributed by atoms with Gasteiger partial charge in [0.1, 0.15) is 0 Å². The van der Waals surface area contributed by atoms with Crippen LogP contribution in [0.3, 0.4) is 0 Å². The van der Waals surface area contributed by atoms with Crippen molar-refractivity contribution in [3.63, 3.8) is 0 Å². The summed E-state index contributed by atoms with van der Waals surface area (Å²) in [6, 6.07) is 0. The Morgan fingerprint density at radius 3 is 2.87 bits per heavy atom. The highest BCUT2D eigenvalue weighted by Crippen LogP contribution is 2.53. The number of hydrogen-bond donors (Lipinski definition) is 1. The summed E-state index contributed by atoms with van der Waals surface area (Å²) < 4.78 is 4.76. The van der Waals surface area contributed by atoms with Crippen LogP contribution >= 0.6 is 0 Å². The molecular formula is C11H20N2O2. The monoisotopic (exact) mass is 212 g/mol. The number of nitrogens with zero attached hydrogens (tertiary/aromatic N) is 1. The van der Waals surface area contributed by atoms with Gasteiger partial charge in [-0.05, 0) is 43.6 Å². The second kappa shape index (κ2) is 4.00. The Hall–Kier alpha value is -0.770. The van der Waals surface area contributed by atoms with Gasteiger partial charge in [-0.25, -0.2) is 4.79 Å². The van der Waals surface area contributed by atoms with Crippen molar-refractivity contribution in [1.29, 1.82) is 0 Å². The lowest BCUT2D eigenvalue weighted by atomic mass is 9.83. The van der Waals surface area contributed by atoms with Crippen molar-refractivity contribution in [3.8, 4) is 0 Å². The minimum atomic E-state index is -0.187. The summed E-state index contributed by atoms with van der Waals surface area (Å²) in [6.45, 7) is 2.44. The van der Waals surface area contributed by atoms with Crippen LogP contribution in [0.2, 0.25) is 0 Å². The molecule has 15 heavy (non-hydrogen) atoms. The molecule has 1 saturated heterocycles. The largest absolute Gasteiger partial charge is 0.453 e. The lowest BCUT2D eigenvalue weighted by molar-refractivity contribution is 0.0866. The highest BCUT2D eigenvalue weighted by Gasteiger charge is 2.49. The van der Waals surface area contributed by atoms with Gasteiger partial charge in [-0.1, -0.05) is 0 Å². The first-order valence-electron chi connectivity index (χ1n) is 5.75. The van der Waals surface area contributed by atoms with E-state index in [0.29, 0.717) is 11.3 Å². The van der Waals surface area contributed by atoms with Gasteiger partial charge in [-0.2, -0.15) is 0 Å². The Labute approximate surface area is 90.8 Å². The van der Waals surface area contributed by atoms with E-state index in [1.54, 1.807) is 0 Å². The number of ether oxygens (including phenoxy) is 1. The van der Waals surface area contributed by atoms with E-state index in [1.165, 1.54) is 26.4 Å². The molecule has 2 aliphatic rings. The third-order valence-corrected chi connectivity index (χ3v) is 4.02. The molecule has 1 heterocycles. The molecule has 2 rings (SSSR count). The highest BCUT2D eigenvalue weighted by molar-refractivity contribution is 5.67. The molecule has 1 amide bonds. The van der Waals surface area contributed by atoms with E-state index in [9.17, 15) is 4.79 Å². The van der Waals surface area contributed by atoms with E-state index in [0.717, 1.165) is 26.1 Å². The van der Waals surface area contributed by atoms with Gasteiger partial charge in [0.2, 0.25) is 0 Å². The van der Waals surface area contributed by atoms with Gasteiger partial charge in [-0.3, -0.25) is 0 Å². The van der Waals surface area contributed by atoms with Crippen LogP contribution in [-0.2, 0) is 4.74 Å². The van der Waals surface area contributed by atoms with Crippen molar-refractivity contribution in [2.24, 2.45) is 17.1 Å². The van der Waals surface area contributed by atoms with E-state index in [2.05, 4.69) is 0 Å². The SMILES string of the molecule is COC(=O)N1CCCC(C2(CN)CC2)C1. The van der Waals surface area contributed by atoms with Crippen molar-refractivity contribution >= 4 is 6.09 Å². The number of nitrogens with two attached hydrogens (primary N) is 1. The predicted molar refractivity (Wildman–Crippen MR) is 57.4 cm³/mol. The van der Waals surface area contributed by atoms with Crippen molar-refractivity contribution in [2.75, 3.05) is 26.7 Å². The van der Waals surface area contributed by atoms with Crippen molar-refractivity contribution in [3.05, 3.63) is 0 Å². The lowest BCUT2D eigenvalue weighted by Crippen LogP contribution is -2.44. The predicted octanol–water partition coefficient (Wildman–Crippen LogP) is 1.20. The van der Waals surface area contributed by atoms with Gasteiger partial charge in [0, 0.05) is 13.1 Å². The van der Waals surface area contributed by atoms with Crippen molar-refractivity contribution in [1.82, 2.24) is 4.90 Å². The normalized spacial score (nSPS) is 28.7. The zero-order chi connectivity index (χ0) is 10.9. The van der Waals surface area contributed by atoms with E-state index < -0.39 is 0 Å². The first-order valence-corrected chi connectivity index (χ1v) is 5.75. The van der Waals surface area contributed by atoms with Crippen LogP contribution in [0.15, 0.2) is 0 Å². The fraction of sp³-hybridized carbons (Fsp3) is 0.909. The number of piperidine rings is 1. The van der Waals surface area contributed by atoms with Crippen LogP contribution in [0, 0.1) is 11.3 Å². The number of rotatable bonds is 2. The molecule has 4 heteroatoms. The fourth-order valence-electron chi connectivity index (χ4n) is 2.71. The summed E-state index contributed by atoms with van der Waals surface area (Å²) in [4.78, 5) is 13.2. The number of carbonyl (C=O) groups is 1. The Kier molecular flexibility index (Phi) is 2.87. The summed E-state index contributed by atoms with van der Waals surface area (Å²) >= 11 is 0. The molecule has 0 aromatic carbocycles. The molecule has 2 fully saturated rings. The van der Waals surface area contributed by atoms with E-state index in [-0.39, 0.29) is 6.09 Å². The number of likely N-dealkylation sites (tertiary alicyclic amines) is 1. The third-order valence-electron chi connectivity index (χ3n) is 4.02. The second-order valence-electron chi connectivity index (χ2n) is 4.82. The highest BCUT2D eigenvalue weighted by atomic mass is 16.5. The number of methoxy groups -OCH3 is 1. The number of amides is 1. The molecule has 86 valence electrons. The van der Waals surface area contributed by atoms with Gasteiger partial charge in [0.25, 0.3) is 0 Å². The van der Waals surface area contributed by atoms with E-state index in [4.69, 9.17) is 10.5 Å². The maximum absolute atomic E-state index is 11.4. The molecule has 1 aliphatic heterocycles. The molecule has 4 nitrogen and oxygen atoms in total. The Bertz CT molecular complexity index is 251. The zero-order valence-electron chi connectivity index (χ0n) is 9.37. The average molecular weight is 212 g/mol. The minimum Gasteiger partial charge on any atom is -0.453 e. The maximum Gasteiger partial charge on any atom is 0.409 e. The molecule has 1 saturated carbocycles. The van der Waals surface area contributed by atoms with Crippen molar-refractivity contribution < 1.29 is 9.53 Å². The molecule has 0 aromatic heterocycles. The first-order chi connectivity index (χ1) is 7.22. The first kappa shape index (κ1) is 10.7. The molecule has 0 bridgehead atoms. The second-order valence-corrected chi connectivity index (χ2v) is 4.82. The molecule has 1 unspecified atom stereocenters. The molecule has 0 spiro atoms. The van der Waals surface area contributed by atoms with Gasteiger partial charge >= 0.3 is 6.09 Å². The van der Waals surface area contributed by atoms with Crippen molar-refractivity contribution in [2.45, 2.75) is 25.7 Å². The molecule has 2 N–H and O–H groups in total. The van der Waals surface area contributed by atoms with Crippen LogP contribution < -0.4 is 5.73 Å². The zero-order valence-corrected chi connectivity index (χ0v) is 9.37. The smallest absolute Gasteiger partial charge is 0.409 e. The van der Waals surface area contributed by atoms with Gasteiger partial charge in [0.15, 0.2) is 0 Å². The van der Waals surface area contributed by atoms with Crippen LogP contribution in [0.1, 0.15) is 25.7 Å². The third kappa shape index (κ3) is 1.95. The Morgan fingerprint density at radius 1 is 1.60 bits per heavy atom. The van der Waals surface area contributed by atoms with Crippen LogP contribution in [0.25, 0.3) is 0 Å². The summed E-state index contributed by atoms with van der Waals surface area (Å²) in [7, 11) is 1.45. The molecule has 0 aromatic rings. The topological polar surface area (TPSA) is 55.6 Å². The summed E-state index contributed by atoms with van der Waals surface area (Å²) in [6.07, 6.45) is 4.59. The van der Waals surface area contributed by atoms with E-state index >= 15 is 0 Å².